The Hall–Kier alpha value is -1.32. The monoisotopic (exact) mass is 338 g/mol. The van der Waals surface area contributed by atoms with E-state index in [0.717, 1.165) is 11.3 Å². The van der Waals surface area contributed by atoms with Crippen LogP contribution in [0.3, 0.4) is 0 Å². The number of ether oxygens (including phenoxy) is 1. The first-order chi connectivity index (χ1) is 9.02. The summed E-state index contributed by atoms with van der Waals surface area (Å²) >= 11 is 9.24. The summed E-state index contributed by atoms with van der Waals surface area (Å²) in [5.41, 5.74) is 2.15. The third-order valence-corrected chi connectivity index (χ3v) is 3.72. The lowest BCUT2D eigenvalue weighted by atomic mass is 10.0. The maximum atomic E-state index is 12.4. The van der Waals surface area contributed by atoms with Gasteiger partial charge in [0.05, 0.1) is 7.11 Å². The van der Waals surface area contributed by atoms with Gasteiger partial charge in [0.2, 0.25) is 0 Å². The van der Waals surface area contributed by atoms with Crippen LogP contribution in [0, 0.1) is 6.92 Å². The van der Waals surface area contributed by atoms with Gasteiger partial charge in [-0.1, -0.05) is 11.6 Å². The molecule has 0 bridgehead atoms. The van der Waals surface area contributed by atoms with E-state index in [2.05, 4.69) is 15.9 Å². The molecule has 0 saturated carbocycles. The molecule has 19 heavy (non-hydrogen) atoms. The number of carbonyl (C=O) groups is 1. The van der Waals surface area contributed by atoms with Crippen LogP contribution in [0.5, 0.6) is 5.75 Å². The zero-order valence-corrected chi connectivity index (χ0v) is 12.9. The Bertz CT molecular complexity index is 638. The van der Waals surface area contributed by atoms with Gasteiger partial charge in [-0.15, -0.1) is 0 Å². The topological polar surface area (TPSA) is 26.3 Å². The van der Waals surface area contributed by atoms with Crippen LogP contribution in [0.1, 0.15) is 21.5 Å². The molecule has 0 radical (unpaired) electrons. The summed E-state index contributed by atoms with van der Waals surface area (Å²) in [5.74, 6) is 0.723. The minimum Gasteiger partial charge on any atom is -0.496 e. The van der Waals surface area contributed by atoms with Crippen molar-refractivity contribution in [2.75, 3.05) is 7.11 Å². The Kier molecular flexibility index (Phi) is 4.27. The number of ketones is 1. The highest BCUT2D eigenvalue weighted by Crippen LogP contribution is 2.26. The van der Waals surface area contributed by atoms with E-state index < -0.39 is 0 Å². The molecule has 0 aliphatic heterocycles. The molecule has 98 valence electrons. The summed E-state index contributed by atoms with van der Waals surface area (Å²) in [7, 11) is 1.61. The minimum absolute atomic E-state index is 0.0469. The summed E-state index contributed by atoms with van der Waals surface area (Å²) in [6.45, 7) is 1.91. The smallest absolute Gasteiger partial charge is 0.194 e. The Labute approximate surface area is 125 Å². The van der Waals surface area contributed by atoms with Gasteiger partial charge in [0, 0.05) is 20.6 Å². The van der Waals surface area contributed by atoms with Crippen LogP contribution in [0.15, 0.2) is 40.9 Å². The Morgan fingerprint density at radius 2 is 1.95 bits per heavy atom. The third kappa shape index (κ3) is 2.99. The van der Waals surface area contributed by atoms with Gasteiger partial charge in [0.25, 0.3) is 0 Å². The molecule has 0 aliphatic rings. The van der Waals surface area contributed by atoms with Gasteiger partial charge in [-0.3, -0.25) is 4.79 Å². The van der Waals surface area contributed by atoms with Crippen molar-refractivity contribution in [3.05, 3.63) is 62.6 Å². The number of hydrogen-bond acceptors (Lipinski definition) is 2. The first-order valence-corrected chi connectivity index (χ1v) is 6.84. The molecule has 2 aromatic carbocycles. The third-order valence-electron chi connectivity index (χ3n) is 2.83. The van der Waals surface area contributed by atoms with Gasteiger partial charge in [0.1, 0.15) is 5.75 Å². The normalized spacial score (nSPS) is 10.3. The van der Waals surface area contributed by atoms with Crippen molar-refractivity contribution in [1.82, 2.24) is 0 Å². The molecule has 0 aliphatic carbocycles. The summed E-state index contributed by atoms with van der Waals surface area (Å²) in [5, 5.41) is 0.592. The van der Waals surface area contributed by atoms with Crippen LogP contribution < -0.4 is 4.74 Å². The number of halogens is 2. The Morgan fingerprint density at radius 3 is 2.53 bits per heavy atom. The molecule has 0 N–H and O–H groups in total. The maximum Gasteiger partial charge on any atom is 0.194 e. The molecule has 0 amide bonds. The van der Waals surface area contributed by atoms with E-state index in [1.807, 2.05) is 13.0 Å². The summed E-state index contributed by atoms with van der Waals surface area (Å²) < 4.78 is 5.88. The van der Waals surface area contributed by atoms with Crippen molar-refractivity contribution < 1.29 is 9.53 Å². The highest BCUT2D eigenvalue weighted by atomic mass is 79.9. The molecule has 2 nitrogen and oxygen atoms in total. The molecule has 0 aromatic heterocycles. The van der Waals surface area contributed by atoms with Crippen LogP contribution in [-0.2, 0) is 0 Å². The Balaban J connectivity index is 2.41. The van der Waals surface area contributed by atoms with Crippen LogP contribution in [0.2, 0.25) is 5.02 Å². The van der Waals surface area contributed by atoms with E-state index >= 15 is 0 Å². The van der Waals surface area contributed by atoms with Crippen molar-refractivity contribution in [3.8, 4) is 5.75 Å². The molecule has 0 spiro atoms. The quantitative estimate of drug-likeness (QED) is 0.761. The predicted molar refractivity (Wildman–Crippen MR) is 80.3 cm³/mol. The van der Waals surface area contributed by atoms with Crippen molar-refractivity contribution in [2.45, 2.75) is 6.92 Å². The lowest BCUT2D eigenvalue weighted by Gasteiger charge is -2.08. The highest BCUT2D eigenvalue weighted by molar-refractivity contribution is 9.10. The maximum absolute atomic E-state index is 12.4. The van der Waals surface area contributed by atoms with Crippen LogP contribution in [0.4, 0.5) is 0 Å². The number of aryl methyl sites for hydroxylation is 1. The summed E-state index contributed by atoms with van der Waals surface area (Å²) in [6, 6.07) is 10.5. The standard InChI is InChI=1S/C15H12BrClO2/c1-9-7-10(3-6-14(9)19-2)15(18)12-5-4-11(17)8-13(12)16/h3-8H,1-2H3. The number of benzene rings is 2. The fraction of sp³-hybridized carbons (Fsp3) is 0.133. The highest BCUT2D eigenvalue weighted by Gasteiger charge is 2.14. The van der Waals surface area contributed by atoms with Gasteiger partial charge < -0.3 is 4.74 Å². The molecule has 0 heterocycles. The predicted octanol–water partition coefficient (Wildman–Crippen LogP) is 4.65. The van der Waals surface area contributed by atoms with Gasteiger partial charge >= 0.3 is 0 Å². The van der Waals surface area contributed by atoms with Gasteiger partial charge in [-0.05, 0) is 64.8 Å². The van der Waals surface area contributed by atoms with Crippen LogP contribution in [0.25, 0.3) is 0 Å². The Morgan fingerprint density at radius 1 is 1.21 bits per heavy atom. The molecule has 4 heteroatoms. The summed E-state index contributed by atoms with van der Waals surface area (Å²) in [6.07, 6.45) is 0. The second-order valence-corrected chi connectivity index (χ2v) is 5.43. The summed E-state index contributed by atoms with van der Waals surface area (Å²) in [4.78, 5) is 12.4. The van der Waals surface area contributed by atoms with E-state index in [9.17, 15) is 4.79 Å². The molecular formula is C15H12BrClO2. The zero-order valence-electron chi connectivity index (χ0n) is 10.5. The zero-order chi connectivity index (χ0) is 14.0. The second kappa shape index (κ2) is 5.76. The SMILES string of the molecule is COc1ccc(C(=O)c2ccc(Cl)cc2Br)cc1C. The number of hydrogen-bond donors (Lipinski definition) is 0. The van der Waals surface area contributed by atoms with Crippen molar-refractivity contribution in [1.29, 1.82) is 0 Å². The van der Waals surface area contributed by atoms with Crippen LogP contribution >= 0.6 is 27.5 Å². The van der Waals surface area contributed by atoms with Crippen molar-refractivity contribution in [3.63, 3.8) is 0 Å². The largest absolute Gasteiger partial charge is 0.496 e. The molecule has 2 rings (SSSR count). The van der Waals surface area contributed by atoms with Gasteiger partial charge in [-0.25, -0.2) is 0 Å². The lowest BCUT2D eigenvalue weighted by molar-refractivity contribution is 0.103. The minimum atomic E-state index is -0.0469. The second-order valence-electron chi connectivity index (χ2n) is 4.14. The molecule has 0 fully saturated rings. The van der Waals surface area contributed by atoms with E-state index in [4.69, 9.17) is 16.3 Å². The van der Waals surface area contributed by atoms with E-state index in [1.165, 1.54) is 0 Å². The molecule has 0 unspecified atom stereocenters. The van der Waals surface area contributed by atoms with E-state index in [0.29, 0.717) is 20.6 Å². The van der Waals surface area contributed by atoms with Crippen molar-refractivity contribution >= 4 is 33.3 Å². The number of carbonyl (C=O) groups excluding carboxylic acids is 1. The molecular weight excluding hydrogens is 328 g/mol. The first-order valence-electron chi connectivity index (χ1n) is 5.67. The average molecular weight is 340 g/mol. The fourth-order valence-corrected chi connectivity index (χ4v) is 2.71. The number of methoxy groups -OCH3 is 1. The van der Waals surface area contributed by atoms with Crippen LogP contribution in [-0.4, -0.2) is 12.9 Å². The van der Waals surface area contributed by atoms with Gasteiger partial charge in [-0.2, -0.15) is 0 Å². The molecule has 2 aromatic rings. The fourth-order valence-electron chi connectivity index (χ4n) is 1.85. The van der Waals surface area contributed by atoms with Gasteiger partial charge in [0.15, 0.2) is 5.78 Å². The lowest BCUT2D eigenvalue weighted by Crippen LogP contribution is -2.03. The molecule has 0 saturated heterocycles. The van der Waals surface area contributed by atoms with E-state index in [-0.39, 0.29) is 5.78 Å². The first kappa shape index (κ1) is 14.1. The number of rotatable bonds is 3. The average Bonchev–Trinajstić information content (AvgIpc) is 2.38. The molecule has 0 atom stereocenters. The van der Waals surface area contributed by atoms with Crippen molar-refractivity contribution in [2.24, 2.45) is 0 Å². The van der Waals surface area contributed by atoms with E-state index in [1.54, 1.807) is 37.4 Å².